The first kappa shape index (κ1) is 21.2. The lowest BCUT2D eigenvalue weighted by atomic mass is 9.96. The van der Waals surface area contributed by atoms with Crippen LogP contribution >= 0.6 is 24.0 Å². The van der Waals surface area contributed by atoms with E-state index < -0.39 is 9.84 Å². The van der Waals surface area contributed by atoms with Gasteiger partial charge in [0, 0.05) is 18.8 Å². The summed E-state index contributed by atoms with van der Waals surface area (Å²) < 4.78 is 22.9. The van der Waals surface area contributed by atoms with Gasteiger partial charge in [0.2, 0.25) is 0 Å². The van der Waals surface area contributed by atoms with Gasteiger partial charge in [0.05, 0.1) is 11.4 Å². The molecule has 0 heterocycles. The van der Waals surface area contributed by atoms with Crippen molar-refractivity contribution in [1.82, 2.24) is 10.6 Å². The normalized spacial score (nSPS) is 16.3. The first-order chi connectivity index (χ1) is 11.0. The number of nitrogens with one attached hydrogen (secondary N) is 2. The van der Waals surface area contributed by atoms with Crippen LogP contribution in [-0.4, -0.2) is 33.2 Å². The molecule has 1 aromatic carbocycles. The van der Waals surface area contributed by atoms with Crippen molar-refractivity contribution in [1.29, 1.82) is 0 Å². The number of benzene rings is 1. The van der Waals surface area contributed by atoms with Gasteiger partial charge in [0.15, 0.2) is 15.8 Å². The van der Waals surface area contributed by atoms with E-state index in [2.05, 4.69) is 22.5 Å². The van der Waals surface area contributed by atoms with Gasteiger partial charge in [-0.05, 0) is 37.5 Å². The van der Waals surface area contributed by atoms with Gasteiger partial charge in [-0.25, -0.2) is 13.4 Å². The molecule has 0 unspecified atom stereocenters. The van der Waals surface area contributed by atoms with Crippen molar-refractivity contribution >= 4 is 39.8 Å². The minimum Gasteiger partial charge on any atom is -0.357 e. The molecule has 24 heavy (non-hydrogen) atoms. The van der Waals surface area contributed by atoms with Gasteiger partial charge in [-0.3, -0.25) is 0 Å². The predicted molar refractivity (Wildman–Crippen MR) is 110 cm³/mol. The Morgan fingerprint density at radius 2 is 1.79 bits per heavy atom. The fraction of sp³-hybridized carbons (Fsp3) is 0.588. The zero-order chi connectivity index (χ0) is 16.7. The maximum Gasteiger partial charge on any atom is 0.191 e. The van der Waals surface area contributed by atoms with E-state index in [0.717, 1.165) is 18.1 Å². The van der Waals surface area contributed by atoms with Crippen molar-refractivity contribution in [2.75, 3.05) is 12.8 Å². The molecule has 0 bridgehead atoms. The molecule has 1 fully saturated rings. The second-order valence-electron chi connectivity index (χ2n) is 6.09. The Kier molecular flexibility index (Phi) is 9.04. The minimum atomic E-state index is -3.14. The van der Waals surface area contributed by atoms with Crippen LogP contribution in [0, 0.1) is 0 Å². The SMILES string of the molecule is CCNC(=NCc1ccc(S(C)(=O)=O)cc1)NC1CCCCC1.I. The molecule has 1 aliphatic rings. The van der Waals surface area contributed by atoms with E-state index in [1.165, 1.54) is 38.4 Å². The summed E-state index contributed by atoms with van der Waals surface area (Å²) in [5.41, 5.74) is 0.998. The molecule has 0 radical (unpaired) electrons. The molecule has 0 spiro atoms. The molecule has 0 amide bonds. The average molecular weight is 465 g/mol. The van der Waals surface area contributed by atoms with Crippen LogP contribution in [0.3, 0.4) is 0 Å². The van der Waals surface area contributed by atoms with Crippen LogP contribution in [0.5, 0.6) is 0 Å². The number of sulfone groups is 1. The maximum atomic E-state index is 11.5. The quantitative estimate of drug-likeness (QED) is 0.399. The lowest BCUT2D eigenvalue weighted by molar-refractivity contribution is 0.410. The molecule has 2 N–H and O–H groups in total. The van der Waals surface area contributed by atoms with Gasteiger partial charge >= 0.3 is 0 Å². The number of aliphatic imine (C=N–C) groups is 1. The van der Waals surface area contributed by atoms with Gasteiger partial charge < -0.3 is 10.6 Å². The molecule has 0 aliphatic heterocycles. The molecule has 1 aliphatic carbocycles. The van der Waals surface area contributed by atoms with Crippen LogP contribution in [0.25, 0.3) is 0 Å². The van der Waals surface area contributed by atoms with E-state index in [4.69, 9.17) is 0 Å². The largest absolute Gasteiger partial charge is 0.357 e. The fourth-order valence-corrected chi connectivity index (χ4v) is 3.40. The molecule has 136 valence electrons. The third-order valence-corrected chi connectivity index (χ3v) is 5.19. The van der Waals surface area contributed by atoms with Gasteiger partial charge in [0.1, 0.15) is 0 Å². The summed E-state index contributed by atoms with van der Waals surface area (Å²) in [5, 5.41) is 6.78. The standard InChI is InChI=1S/C17H27N3O2S.HI/c1-3-18-17(20-15-7-5-4-6-8-15)19-13-14-9-11-16(12-10-14)23(2,21)22;/h9-12,15H,3-8,13H2,1-2H3,(H2,18,19,20);1H. The summed E-state index contributed by atoms with van der Waals surface area (Å²) in [7, 11) is -3.14. The lowest BCUT2D eigenvalue weighted by Gasteiger charge is -2.24. The van der Waals surface area contributed by atoms with Gasteiger partial charge in [-0.2, -0.15) is 0 Å². The topological polar surface area (TPSA) is 70.6 Å². The summed E-state index contributed by atoms with van der Waals surface area (Å²) in [5.74, 6) is 0.839. The molecule has 0 saturated heterocycles. The Labute approximate surface area is 162 Å². The highest BCUT2D eigenvalue weighted by molar-refractivity contribution is 14.0. The summed E-state index contributed by atoms with van der Waals surface area (Å²) >= 11 is 0. The molecule has 2 rings (SSSR count). The first-order valence-electron chi connectivity index (χ1n) is 8.33. The van der Waals surface area contributed by atoms with Crippen molar-refractivity contribution in [2.24, 2.45) is 4.99 Å². The van der Waals surface area contributed by atoms with Crippen LogP contribution in [0.4, 0.5) is 0 Å². The maximum absolute atomic E-state index is 11.5. The second kappa shape index (κ2) is 10.2. The van der Waals surface area contributed by atoms with Crippen molar-refractivity contribution < 1.29 is 8.42 Å². The molecule has 7 heteroatoms. The van der Waals surface area contributed by atoms with E-state index in [-0.39, 0.29) is 24.0 Å². The Balaban J connectivity index is 0.00000288. The summed E-state index contributed by atoms with van der Waals surface area (Å²) in [4.78, 5) is 4.96. The highest BCUT2D eigenvalue weighted by Crippen LogP contribution is 2.17. The predicted octanol–water partition coefficient (Wildman–Crippen LogP) is 3.10. The van der Waals surface area contributed by atoms with Crippen LogP contribution in [0.15, 0.2) is 34.2 Å². The van der Waals surface area contributed by atoms with E-state index in [1.807, 2.05) is 12.1 Å². The minimum absolute atomic E-state index is 0. The number of hydrogen-bond donors (Lipinski definition) is 2. The second-order valence-corrected chi connectivity index (χ2v) is 8.11. The Hall–Kier alpha value is -0.830. The van der Waals surface area contributed by atoms with Crippen LogP contribution in [-0.2, 0) is 16.4 Å². The van der Waals surface area contributed by atoms with Crippen LogP contribution < -0.4 is 10.6 Å². The van der Waals surface area contributed by atoms with E-state index in [9.17, 15) is 8.42 Å². The highest BCUT2D eigenvalue weighted by atomic mass is 127. The Bertz CT molecular complexity index is 624. The number of hydrogen-bond acceptors (Lipinski definition) is 3. The third kappa shape index (κ3) is 6.96. The highest BCUT2D eigenvalue weighted by Gasteiger charge is 2.14. The lowest BCUT2D eigenvalue weighted by Crippen LogP contribution is -2.44. The Morgan fingerprint density at radius 3 is 2.33 bits per heavy atom. The molecule has 5 nitrogen and oxygen atoms in total. The summed E-state index contributed by atoms with van der Waals surface area (Å²) in [6.07, 6.45) is 7.52. The van der Waals surface area contributed by atoms with Crippen molar-refractivity contribution in [3.8, 4) is 0 Å². The van der Waals surface area contributed by atoms with Gasteiger partial charge in [-0.1, -0.05) is 31.4 Å². The number of nitrogens with zero attached hydrogens (tertiary/aromatic N) is 1. The summed E-state index contributed by atoms with van der Waals surface area (Å²) in [6, 6.07) is 7.44. The smallest absolute Gasteiger partial charge is 0.191 e. The zero-order valence-electron chi connectivity index (χ0n) is 14.4. The van der Waals surface area contributed by atoms with Gasteiger partial charge in [0.25, 0.3) is 0 Å². The van der Waals surface area contributed by atoms with E-state index >= 15 is 0 Å². The van der Waals surface area contributed by atoms with E-state index in [0.29, 0.717) is 17.5 Å². The Morgan fingerprint density at radius 1 is 1.17 bits per heavy atom. The summed E-state index contributed by atoms with van der Waals surface area (Å²) in [6.45, 7) is 3.41. The number of guanidine groups is 1. The van der Waals surface area contributed by atoms with Gasteiger partial charge in [-0.15, -0.1) is 24.0 Å². The molecule has 0 atom stereocenters. The number of rotatable bonds is 5. The molecule has 1 aromatic rings. The molecule has 1 saturated carbocycles. The average Bonchev–Trinajstić information content (AvgIpc) is 2.53. The zero-order valence-corrected chi connectivity index (χ0v) is 17.6. The fourth-order valence-electron chi connectivity index (χ4n) is 2.77. The third-order valence-electron chi connectivity index (χ3n) is 4.06. The van der Waals surface area contributed by atoms with E-state index in [1.54, 1.807) is 12.1 Å². The van der Waals surface area contributed by atoms with Crippen LogP contribution in [0.1, 0.15) is 44.6 Å². The molecule has 0 aromatic heterocycles. The van der Waals surface area contributed by atoms with Crippen molar-refractivity contribution in [2.45, 2.75) is 56.5 Å². The molecular weight excluding hydrogens is 437 g/mol. The molecular formula is C17H28IN3O2S. The van der Waals surface area contributed by atoms with Crippen LogP contribution in [0.2, 0.25) is 0 Å². The first-order valence-corrected chi connectivity index (χ1v) is 10.2. The number of halogens is 1. The monoisotopic (exact) mass is 465 g/mol. The van der Waals surface area contributed by atoms with Crippen molar-refractivity contribution in [3.05, 3.63) is 29.8 Å². The van der Waals surface area contributed by atoms with Crippen molar-refractivity contribution in [3.63, 3.8) is 0 Å².